The molecular weight excluding hydrogens is 295 g/mol. The van der Waals surface area contributed by atoms with Crippen LogP contribution in [0, 0.1) is 0 Å². The van der Waals surface area contributed by atoms with E-state index in [9.17, 15) is 0 Å². The van der Waals surface area contributed by atoms with Crippen molar-refractivity contribution in [2.75, 3.05) is 14.2 Å². The average Bonchev–Trinajstić information content (AvgIpc) is 2.47. The Balaban J connectivity index is 2.34. The maximum atomic E-state index is 6.23. The van der Waals surface area contributed by atoms with Crippen LogP contribution in [0.15, 0.2) is 36.5 Å². The predicted molar refractivity (Wildman–Crippen MR) is 82.8 cm³/mol. The summed E-state index contributed by atoms with van der Waals surface area (Å²) in [6.07, 6.45) is 2.37. The van der Waals surface area contributed by atoms with Crippen LogP contribution in [-0.4, -0.2) is 19.1 Å². The lowest BCUT2D eigenvalue weighted by atomic mass is 9.99. The quantitative estimate of drug-likeness (QED) is 0.909. The Morgan fingerprint density at radius 1 is 1.20 bits per heavy atom. The highest BCUT2D eigenvalue weighted by atomic mass is 35.5. The van der Waals surface area contributed by atoms with Crippen LogP contribution in [0.2, 0.25) is 10.0 Å². The largest absolute Gasteiger partial charge is 0.481 e. The number of benzene rings is 1. The Bertz CT molecular complexity index is 570. The lowest BCUT2D eigenvalue weighted by Crippen LogP contribution is -2.20. The molecule has 1 atom stereocenters. The number of pyridine rings is 1. The van der Waals surface area contributed by atoms with E-state index in [0.29, 0.717) is 22.3 Å². The Hall–Kier alpha value is -1.29. The van der Waals surface area contributed by atoms with Crippen molar-refractivity contribution in [3.05, 3.63) is 57.7 Å². The molecule has 0 aliphatic heterocycles. The second-order valence-corrected chi connectivity index (χ2v) is 5.16. The summed E-state index contributed by atoms with van der Waals surface area (Å²) in [6, 6.07) is 9.42. The second-order valence-electron chi connectivity index (χ2n) is 4.35. The molecule has 0 radical (unpaired) electrons. The number of likely N-dealkylation sites (N-methyl/N-ethyl adjacent to an activating group) is 1. The van der Waals surface area contributed by atoms with E-state index < -0.39 is 0 Å². The number of nitrogens with zero attached hydrogens (tertiary/aromatic N) is 1. The molecule has 0 spiro atoms. The molecule has 1 heterocycles. The topological polar surface area (TPSA) is 34.2 Å². The van der Waals surface area contributed by atoms with E-state index in [4.69, 9.17) is 27.9 Å². The predicted octanol–water partition coefficient (Wildman–Crippen LogP) is 3.90. The fourth-order valence-electron chi connectivity index (χ4n) is 2.14. The first-order valence-electron chi connectivity index (χ1n) is 6.26. The van der Waals surface area contributed by atoms with Crippen LogP contribution in [0.1, 0.15) is 17.2 Å². The zero-order valence-electron chi connectivity index (χ0n) is 11.4. The molecule has 0 fully saturated rings. The van der Waals surface area contributed by atoms with Gasteiger partial charge in [0.15, 0.2) is 0 Å². The van der Waals surface area contributed by atoms with Crippen molar-refractivity contribution in [1.82, 2.24) is 10.3 Å². The molecule has 0 saturated carbocycles. The minimum absolute atomic E-state index is 0.0241. The first-order valence-corrected chi connectivity index (χ1v) is 7.02. The third kappa shape index (κ3) is 3.23. The van der Waals surface area contributed by atoms with Gasteiger partial charge in [0.1, 0.15) is 0 Å². The molecule has 106 valence electrons. The molecule has 0 amide bonds. The summed E-state index contributed by atoms with van der Waals surface area (Å²) in [7, 11) is 3.50. The summed E-state index contributed by atoms with van der Waals surface area (Å²) >= 11 is 12.5. The maximum absolute atomic E-state index is 6.23. The van der Waals surface area contributed by atoms with Crippen LogP contribution in [-0.2, 0) is 6.42 Å². The first kappa shape index (κ1) is 15.1. The van der Waals surface area contributed by atoms with E-state index in [2.05, 4.69) is 10.3 Å². The van der Waals surface area contributed by atoms with Crippen molar-refractivity contribution < 1.29 is 4.74 Å². The lowest BCUT2D eigenvalue weighted by molar-refractivity contribution is 0.384. The normalized spacial score (nSPS) is 12.2. The molecular formula is C15H16Cl2N2O. The smallest absolute Gasteiger partial charge is 0.217 e. The Morgan fingerprint density at radius 3 is 2.50 bits per heavy atom. The lowest BCUT2D eigenvalue weighted by Gasteiger charge is -2.19. The highest BCUT2D eigenvalue weighted by Crippen LogP contribution is 2.31. The van der Waals surface area contributed by atoms with Gasteiger partial charge in [0.2, 0.25) is 5.88 Å². The van der Waals surface area contributed by atoms with Crippen LogP contribution >= 0.6 is 23.2 Å². The molecule has 3 nitrogen and oxygen atoms in total. The van der Waals surface area contributed by atoms with E-state index >= 15 is 0 Å². The van der Waals surface area contributed by atoms with Crippen LogP contribution in [0.25, 0.3) is 0 Å². The number of methoxy groups -OCH3 is 1. The van der Waals surface area contributed by atoms with Gasteiger partial charge in [-0.3, -0.25) is 0 Å². The number of halogens is 2. The van der Waals surface area contributed by atoms with Gasteiger partial charge in [-0.05, 0) is 37.2 Å². The zero-order chi connectivity index (χ0) is 14.5. The van der Waals surface area contributed by atoms with Crippen LogP contribution in [0.4, 0.5) is 0 Å². The number of ether oxygens (including phenoxy) is 1. The third-order valence-corrected chi connectivity index (χ3v) is 3.90. The Kier molecular flexibility index (Phi) is 5.24. The van der Waals surface area contributed by atoms with Crippen LogP contribution in [0.5, 0.6) is 5.88 Å². The molecule has 1 aromatic carbocycles. The molecule has 0 aliphatic carbocycles. The molecule has 1 unspecified atom stereocenters. The van der Waals surface area contributed by atoms with Gasteiger partial charge in [0.25, 0.3) is 0 Å². The van der Waals surface area contributed by atoms with E-state index in [1.54, 1.807) is 13.3 Å². The van der Waals surface area contributed by atoms with E-state index in [1.165, 1.54) is 0 Å². The molecule has 0 bridgehead atoms. The van der Waals surface area contributed by atoms with Crippen molar-refractivity contribution >= 4 is 23.2 Å². The van der Waals surface area contributed by atoms with Gasteiger partial charge in [0.05, 0.1) is 7.11 Å². The maximum Gasteiger partial charge on any atom is 0.217 e. The Morgan fingerprint density at radius 2 is 1.90 bits per heavy atom. The van der Waals surface area contributed by atoms with Crippen molar-refractivity contribution in [2.24, 2.45) is 0 Å². The fourth-order valence-corrected chi connectivity index (χ4v) is 2.69. The van der Waals surface area contributed by atoms with Crippen molar-refractivity contribution in [3.63, 3.8) is 0 Å². The summed E-state index contributed by atoms with van der Waals surface area (Å²) in [5, 5.41) is 4.59. The number of rotatable bonds is 5. The van der Waals surface area contributed by atoms with Crippen LogP contribution < -0.4 is 10.1 Å². The molecule has 2 aromatic rings. The van der Waals surface area contributed by atoms with E-state index in [1.807, 2.05) is 37.4 Å². The minimum atomic E-state index is 0.0241. The van der Waals surface area contributed by atoms with Gasteiger partial charge < -0.3 is 10.1 Å². The first-order chi connectivity index (χ1) is 9.67. The van der Waals surface area contributed by atoms with Crippen LogP contribution in [0.3, 0.4) is 0 Å². The van der Waals surface area contributed by atoms with Gasteiger partial charge in [-0.15, -0.1) is 0 Å². The zero-order valence-corrected chi connectivity index (χ0v) is 12.9. The van der Waals surface area contributed by atoms with Crippen molar-refractivity contribution in [1.29, 1.82) is 0 Å². The number of hydrogen-bond acceptors (Lipinski definition) is 3. The third-order valence-electron chi connectivity index (χ3n) is 3.19. The Labute approximate surface area is 128 Å². The standard InChI is InChI=1S/C15H16Cl2N2O/c1-18-14(10-5-4-8-19-15(10)20-2)9-11-12(16)6-3-7-13(11)17/h3-8,14,18H,9H2,1-2H3. The second kappa shape index (κ2) is 6.93. The molecule has 5 heteroatoms. The number of hydrogen-bond donors (Lipinski definition) is 1. The summed E-state index contributed by atoms with van der Waals surface area (Å²) in [4.78, 5) is 4.22. The SMILES string of the molecule is CNC(Cc1c(Cl)cccc1Cl)c1cccnc1OC. The number of nitrogens with one attached hydrogen (secondary N) is 1. The minimum Gasteiger partial charge on any atom is -0.481 e. The average molecular weight is 311 g/mol. The monoisotopic (exact) mass is 310 g/mol. The van der Waals surface area contributed by atoms with Crippen molar-refractivity contribution in [3.8, 4) is 5.88 Å². The van der Waals surface area contributed by atoms with E-state index in [-0.39, 0.29) is 6.04 Å². The van der Waals surface area contributed by atoms with Gasteiger partial charge in [-0.25, -0.2) is 4.98 Å². The van der Waals surface area contributed by atoms with Crippen molar-refractivity contribution in [2.45, 2.75) is 12.5 Å². The number of aromatic nitrogens is 1. The molecule has 1 aromatic heterocycles. The molecule has 0 saturated heterocycles. The highest BCUT2D eigenvalue weighted by Gasteiger charge is 2.18. The van der Waals surface area contributed by atoms with Gasteiger partial charge >= 0.3 is 0 Å². The summed E-state index contributed by atoms with van der Waals surface area (Å²) in [6.45, 7) is 0. The molecule has 2 rings (SSSR count). The van der Waals surface area contributed by atoms with Gasteiger partial charge in [0, 0.05) is 27.8 Å². The van der Waals surface area contributed by atoms with Gasteiger partial charge in [-0.1, -0.05) is 35.3 Å². The molecule has 0 aliphatic rings. The fraction of sp³-hybridized carbons (Fsp3) is 0.267. The summed E-state index contributed by atoms with van der Waals surface area (Å²) in [5.74, 6) is 0.607. The molecule has 1 N–H and O–H groups in total. The highest BCUT2D eigenvalue weighted by molar-refractivity contribution is 6.36. The van der Waals surface area contributed by atoms with E-state index in [0.717, 1.165) is 11.1 Å². The van der Waals surface area contributed by atoms with Gasteiger partial charge in [-0.2, -0.15) is 0 Å². The molecule has 20 heavy (non-hydrogen) atoms. The summed E-state index contributed by atoms with van der Waals surface area (Å²) < 4.78 is 5.31. The summed E-state index contributed by atoms with van der Waals surface area (Å²) in [5.41, 5.74) is 1.90.